The van der Waals surface area contributed by atoms with Gasteiger partial charge in [-0.25, -0.2) is 0 Å². The highest BCUT2D eigenvalue weighted by molar-refractivity contribution is 7.98. The van der Waals surface area contributed by atoms with Crippen molar-refractivity contribution in [1.29, 1.82) is 0 Å². The maximum atomic E-state index is 4.44. The average molecular weight is 358 g/mol. The number of thioether (sulfide) groups is 1. The van der Waals surface area contributed by atoms with Gasteiger partial charge in [0.05, 0.1) is 0 Å². The Morgan fingerprint density at radius 3 is 2.58 bits per heavy atom. The van der Waals surface area contributed by atoms with Crippen molar-refractivity contribution in [2.75, 3.05) is 0 Å². The van der Waals surface area contributed by atoms with Gasteiger partial charge in [-0.15, -0.1) is 10.2 Å². The van der Waals surface area contributed by atoms with E-state index in [1.54, 1.807) is 11.8 Å². The number of aliphatic imine (C=N–C) groups is 1. The van der Waals surface area contributed by atoms with Crippen LogP contribution in [0.2, 0.25) is 0 Å². The first-order valence-corrected chi connectivity index (χ1v) is 10.9. The summed E-state index contributed by atoms with van der Waals surface area (Å²) in [6.45, 7) is 7.47. The van der Waals surface area contributed by atoms with Crippen LogP contribution in [0.1, 0.15) is 37.8 Å². The lowest BCUT2D eigenvalue weighted by molar-refractivity contribution is 0.696. The summed E-state index contributed by atoms with van der Waals surface area (Å²) < 4.78 is 2.23. The van der Waals surface area contributed by atoms with Gasteiger partial charge < -0.3 is 4.57 Å². The summed E-state index contributed by atoms with van der Waals surface area (Å²) >= 11 is 1.75. The van der Waals surface area contributed by atoms with E-state index in [-0.39, 0.29) is 0 Å². The first kappa shape index (κ1) is 17.2. The lowest BCUT2D eigenvalue weighted by Gasteiger charge is -2.09. The van der Waals surface area contributed by atoms with Crippen molar-refractivity contribution in [2.45, 2.75) is 44.1 Å². The average Bonchev–Trinajstić information content (AvgIpc) is 3.04. The second-order valence-electron chi connectivity index (χ2n) is 5.98. The minimum absolute atomic E-state index is 0.573. The molecule has 1 aromatic heterocycles. The number of aromatic nitrogens is 3. The Morgan fingerprint density at radius 2 is 1.96 bits per heavy atom. The van der Waals surface area contributed by atoms with E-state index in [1.165, 1.54) is 11.1 Å². The van der Waals surface area contributed by atoms with Crippen molar-refractivity contribution in [3.63, 3.8) is 0 Å². The molecule has 2 aromatic rings. The molecular formula is C18H23N4PS. The summed E-state index contributed by atoms with van der Waals surface area (Å²) in [4.78, 5) is 4.26. The van der Waals surface area contributed by atoms with Crippen LogP contribution in [0.15, 0.2) is 46.3 Å². The molecule has 0 bridgehead atoms. The van der Waals surface area contributed by atoms with Crippen LogP contribution in [0.3, 0.4) is 0 Å². The van der Waals surface area contributed by atoms with Gasteiger partial charge in [0.2, 0.25) is 0 Å². The molecule has 3 rings (SSSR count). The van der Waals surface area contributed by atoms with Crippen molar-refractivity contribution in [2.24, 2.45) is 4.99 Å². The monoisotopic (exact) mass is 358 g/mol. The van der Waals surface area contributed by atoms with Crippen LogP contribution in [0.4, 0.5) is 0 Å². The molecule has 6 heteroatoms. The number of hydrogen-bond acceptors (Lipinski definition) is 4. The van der Waals surface area contributed by atoms with Gasteiger partial charge in [-0.3, -0.25) is 4.99 Å². The molecular weight excluding hydrogens is 335 g/mol. The summed E-state index contributed by atoms with van der Waals surface area (Å²) in [6, 6.07) is 8.88. The first-order valence-electron chi connectivity index (χ1n) is 8.24. The summed E-state index contributed by atoms with van der Waals surface area (Å²) in [6.07, 6.45) is 3.82. The Kier molecular flexibility index (Phi) is 5.75. The lowest BCUT2D eigenvalue weighted by atomic mass is 10.0. The topological polar surface area (TPSA) is 43.1 Å². The maximum Gasteiger partial charge on any atom is 0.191 e. The number of nitrogens with zero attached hydrogens (tertiary/aromatic N) is 4. The highest BCUT2D eigenvalue weighted by atomic mass is 32.2. The fourth-order valence-corrected chi connectivity index (χ4v) is 5.21. The third-order valence-electron chi connectivity index (χ3n) is 3.97. The SMILES string of the molecule is CCn1c(SCc2ccc(C(C)C)cc2)nnc1[PH]1=CN=CC=C1. The third-order valence-corrected chi connectivity index (χ3v) is 6.87. The highest BCUT2D eigenvalue weighted by Crippen LogP contribution is 2.27. The standard InChI is InChI=1S/C18H23N4PS/c1-4-22-17(23-11-5-10-19-13-23)20-21-18(22)24-12-15-6-8-16(9-7-15)14(2)3/h5-11,13-14,23H,4,12H2,1-3H3. The molecule has 0 aliphatic carbocycles. The molecule has 0 saturated heterocycles. The smallest absolute Gasteiger partial charge is 0.191 e. The predicted molar refractivity (Wildman–Crippen MR) is 107 cm³/mol. The lowest BCUT2D eigenvalue weighted by Crippen LogP contribution is -2.15. The van der Waals surface area contributed by atoms with E-state index in [9.17, 15) is 0 Å². The molecule has 126 valence electrons. The van der Waals surface area contributed by atoms with Crippen molar-refractivity contribution < 1.29 is 0 Å². The van der Waals surface area contributed by atoms with Crippen LogP contribution < -0.4 is 5.57 Å². The van der Waals surface area contributed by atoms with Crippen LogP contribution in [0.5, 0.6) is 0 Å². The molecule has 4 nitrogen and oxygen atoms in total. The van der Waals surface area contributed by atoms with Gasteiger partial charge in [0, 0.05) is 24.4 Å². The molecule has 24 heavy (non-hydrogen) atoms. The predicted octanol–water partition coefficient (Wildman–Crippen LogP) is 3.91. The molecule has 1 aliphatic rings. The van der Waals surface area contributed by atoms with E-state index < -0.39 is 7.55 Å². The molecule has 1 unspecified atom stereocenters. The first-order chi connectivity index (χ1) is 11.7. The molecule has 1 aliphatic heterocycles. The number of allylic oxidation sites excluding steroid dienone is 1. The summed E-state index contributed by atoms with van der Waals surface area (Å²) in [7, 11) is -0.971. The van der Waals surface area contributed by atoms with Crippen molar-refractivity contribution in [3.8, 4) is 0 Å². The molecule has 0 amide bonds. The summed E-state index contributed by atoms with van der Waals surface area (Å²) in [5, 5.41) is 9.85. The van der Waals surface area contributed by atoms with Crippen LogP contribution in [-0.2, 0) is 12.3 Å². The fourth-order valence-electron chi connectivity index (χ4n) is 2.54. The van der Waals surface area contributed by atoms with E-state index in [1.807, 2.05) is 18.2 Å². The number of hydrogen-bond donors (Lipinski definition) is 0. The molecule has 0 saturated carbocycles. The summed E-state index contributed by atoms with van der Waals surface area (Å²) in [5.74, 6) is 5.70. The van der Waals surface area contributed by atoms with Crippen molar-refractivity contribution in [3.05, 3.63) is 47.3 Å². The second kappa shape index (κ2) is 8.00. The van der Waals surface area contributed by atoms with Crippen LogP contribution in [0, 0.1) is 0 Å². The second-order valence-corrected chi connectivity index (χ2v) is 8.87. The van der Waals surface area contributed by atoms with Gasteiger partial charge in [-0.2, -0.15) is 0 Å². The quantitative estimate of drug-likeness (QED) is 0.581. The normalized spacial score (nSPS) is 16.6. The van der Waals surface area contributed by atoms with Gasteiger partial charge in [0.1, 0.15) is 0 Å². The van der Waals surface area contributed by atoms with E-state index in [2.05, 4.69) is 70.6 Å². The zero-order chi connectivity index (χ0) is 16.9. The molecule has 1 aromatic carbocycles. The molecule has 2 heterocycles. The Bertz CT molecular complexity index is 788. The van der Waals surface area contributed by atoms with E-state index >= 15 is 0 Å². The van der Waals surface area contributed by atoms with Crippen LogP contribution in [0.25, 0.3) is 0 Å². The van der Waals surface area contributed by atoms with Gasteiger partial charge in [-0.1, -0.05) is 55.7 Å². The Labute approximate surface area is 148 Å². The molecule has 1 atom stereocenters. The van der Waals surface area contributed by atoms with Gasteiger partial charge in [0.15, 0.2) is 10.7 Å². The Hall–Kier alpha value is -1.58. The van der Waals surface area contributed by atoms with Gasteiger partial charge in [-0.05, 0) is 37.6 Å². The van der Waals surface area contributed by atoms with Crippen molar-refractivity contribution in [1.82, 2.24) is 14.8 Å². The largest absolute Gasteiger partial charge is 0.303 e. The Morgan fingerprint density at radius 1 is 1.17 bits per heavy atom. The molecule has 0 N–H and O–H groups in total. The van der Waals surface area contributed by atoms with E-state index in [4.69, 9.17) is 0 Å². The zero-order valence-corrected chi connectivity index (χ0v) is 16.1. The van der Waals surface area contributed by atoms with Gasteiger partial charge in [0.25, 0.3) is 0 Å². The molecule has 0 spiro atoms. The van der Waals surface area contributed by atoms with Crippen molar-refractivity contribution >= 4 is 37.0 Å². The minimum Gasteiger partial charge on any atom is -0.303 e. The molecule has 0 fully saturated rings. The number of benzene rings is 1. The summed E-state index contributed by atoms with van der Waals surface area (Å²) in [5.41, 5.74) is 3.76. The third kappa shape index (κ3) is 3.90. The van der Waals surface area contributed by atoms with Crippen LogP contribution in [-0.4, -0.2) is 26.9 Å². The highest BCUT2D eigenvalue weighted by Gasteiger charge is 2.13. The zero-order valence-electron chi connectivity index (χ0n) is 14.3. The van der Waals surface area contributed by atoms with Gasteiger partial charge >= 0.3 is 0 Å². The number of rotatable bonds is 6. The minimum atomic E-state index is -0.971. The molecule has 0 radical (unpaired) electrons. The Balaban J connectivity index is 1.73. The van der Waals surface area contributed by atoms with E-state index in [0.29, 0.717) is 5.92 Å². The van der Waals surface area contributed by atoms with E-state index in [0.717, 1.165) is 23.0 Å². The maximum absolute atomic E-state index is 4.44. The fraction of sp³-hybridized carbons (Fsp3) is 0.333. The van der Waals surface area contributed by atoms with Crippen LogP contribution >= 0.6 is 19.3 Å².